The predicted molar refractivity (Wildman–Crippen MR) is 99.7 cm³/mol. The van der Waals surface area contributed by atoms with Crippen molar-refractivity contribution >= 4 is 17.5 Å². The first-order valence-electron chi connectivity index (χ1n) is 9.45. The van der Waals surface area contributed by atoms with Gasteiger partial charge in [0.1, 0.15) is 5.76 Å². The van der Waals surface area contributed by atoms with Crippen LogP contribution in [0.1, 0.15) is 30.6 Å². The van der Waals surface area contributed by atoms with Crippen molar-refractivity contribution in [3.05, 3.63) is 54.0 Å². The normalized spacial score (nSPS) is 19.5. The maximum atomic E-state index is 12.6. The summed E-state index contributed by atoms with van der Waals surface area (Å²) in [5, 5.41) is 2.94. The lowest BCUT2D eigenvalue weighted by Gasteiger charge is -2.15. The molecule has 1 aliphatic carbocycles. The van der Waals surface area contributed by atoms with Gasteiger partial charge in [0.05, 0.1) is 25.3 Å². The Morgan fingerprint density at radius 1 is 1.26 bits per heavy atom. The number of rotatable bonds is 8. The third kappa shape index (κ3) is 4.77. The van der Waals surface area contributed by atoms with Gasteiger partial charge in [-0.15, -0.1) is 0 Å². The molecule has 6 nitrogen and oxygen atoms in total. The highest BCUT2D eigenvalue weighted by atomic mass is 16.5. The molecule has 0 radical (unpaired) electrons. The topological polar surface area (TPSA) is 71.8 Å². The fraction of sp³-hybridized carbons (Fsp3) is 0.429. The second-order valence-corrected chi connectivity index (χ2v) is 7.40. The number of furan rings is 1. The predicted octanol–water partition coefficient (Wildman–Crippen LogP) is 3.19. The number of nitrogens with one attached hydrogen (secondary N) is 1. The van der Waals surface area contributed by atoms with E-state index in [4.69, 9.17) is 9.15 Å². The van der Waals surface area contributed by atoms with Gasteiger partial charge in [0, 0.05) is 25.3 Å². The molecule has 1 atom stereocenters. The molecule has 2 aliphatic rings. The third-order valence-corrected chi connectivity index (χ3v) is 5.03. The number of benzene rings is 1. The SMILES string of the molecule is O=C(Nc1cccc(COCC2CC2)c1)[C@@H]1CC(=O)N(Cc2ccco2)C1. The van der Waals surface area contributed by atoms with Gasteiger partial charge in [-0.1, -0.05) is 12.1 Å². The number of hydrogen-bond acceptors (Lipinski definition) is 4. The molecule has 6 heteroatoms. The molecule has 2 amide bonds. The molecular weight excluding hydrogens is 344 g/mol. The molecule has 1 saturated heterocycles. The van der Waals surface area contributed by atoms with Crippen LogP contribution in [0.2, 0.25) is 0 Å². The van der Waals surface area contributed by atoms with E-state index in [2.05, 4.69) is 5.32 Å². The number of likely N-dealkylation sites (tertiary alicyclic amines) is 1. The van der Waals surface area contributed by atoms with Gasteiger partial charge < -0.3 is 19.4 Å². The van der Waals surface area contributed by atoms with Crippen LogP contribution in [0, 0.1) is 11.8 Å². The van der Waals surface area contributed by atoms with Crippen molar-refractivity contribution in [3.8, 4) is 0 Å². The average Bonchev–Trinajstić information content (AvgIpc) is 3.19. The fourth-order valence-corrected chi connectivity index (χ4v) is 3.30. The van der Waals surface area contributed by atoms with Gasteiger partial charge in [-0.25, -0.2) is 0 Å². The van der Waals surface area contributed by atoms with Crippen LogP contribution in [0.4, 0.5) is 5.69 Å². The summed E-state index contributed by atoms with van der Waals surface area (Å²) in [5.41, 5.74) is 1.78. The van der Waals surface area contributed by atoms with Crippen LogP contribution in [0.3, 0.4) is 0 Å². The first kappa shape index (κ1) is 17.8. The monoisotopic (exact) mass is 368 g/mol. The molecule has 0 unspecified atom stereocenters. The lowest BCUT2D eigenvalue weighted by molar-refractivity contribution is -0.128. The number of carbonyl (C=O) groups excluding carboxylic acids is 2. The summed E-state index contributed by atoms with van der Waals surface area (Å²) in [5.74, 6) is 0.970. The van der Waals surface area contributed by atoms with Crippen LogP contribution in [0.5, 0.6) is 0 Å². The average molecular weight is 368 g/mol. The molecule has 1 aliphatic heterocycles. The van der Waals surface area contributed by atoms with Crippen LogP contribution in [-0.2, 0) is 27.5 Å². The van der Waals surface area contributed by atoms with Crippen molar-refractivity contribution in [2.75, 3.05) is 18.5 Å². The van der Waals surface area contributed by atoms with Crippen molar-refractivity contribution in [2.24, 2.45) is 11.8 Å². The van der Waals surface area contributed by atoms with Crippen LogP contribution < -0.4 is 5.32 Å². The molecule has 2 aromatic rings. The summed E-state index contributed by atoms with van der Waals surface area (Å²) in [6, 6.07) is 11.3. The highest BCUT2D eigenvalue weighted by Gasteiger charge is 2.34. The van der Waals surface area contributed by atoms with Gasteiger partial charge >= 0.3 is 0 Å². The third-order valence-electron chi connectivity index (χ3n) is 5.03. The molecule has 0 bridgehead atoms. The van der Waals surface area contributed by atoms with Crippen molar-refractivity contribution in [2.45, 2.75) is 32.4 Å². The minimum Gasteiger partial charge on any atom is -0.467 e. The minimum atomic E-state index is -0.345. The van der Waals surface area contributed by atoms with Gasteiger partial charge in [0.2, 0.25) is 11.8 Å². The largest absolute Gasteiger partial charge is 0.467 e. The minimum absolute atomic E-state index is 0.0197. The maximum absolute atomic E-state index is 12.6. The van der Waals surface area contributed by atoms with Gasteiger partial charge in [0.25, 0.3) is 0 Å². The zero-order chi connectivity index (χ0) is 18.6. The molecule has 142 valence electrons. The number of amides is 2. The van der Waals surface area contributed by atoms with E-state index in [0.29, 0.717) is 19.7 Å². The second kappa shape index (κ2) is 7.96. The summed E-state index contributed by atoms with van der Waals surface area (Å²) in [4.78, 5) is 26.4. The molecule has 0 spiro atoms. The Morgan fingerprint density at radius 3 is 2.93 bits per heavy atom. The summed E-state index contributed by atoms with van der Waals surface area (Å²) in [7, 11) is 0. The van der Waals surface area contributed by atoms with Crippen molar-refractivity contribution in [1.29, 1.82) is 0 Å². The zero-order valence-corrected chi connectivity index (χ0v) is 15.2. The smallest absolute Gasteiger partial charge is 0.229 e. The first-order valence-corrected chi connectivity index (χ1v) is 9.45. The molecule has 27 heavy (non-hydrogen) atoms. The second-order valence-electron chi connectivity index (χ2n) is 7.40. The Morgan fingerprint density at radius 2 is 2.15 bits per heavy atom. The highest BCUT2D eigenvalue weighted by Crippen LogP contribution is 2.29. The Balaban J connectivity index is 1.30. The van der Waals surface area contributed by atoms with E-state index in [1.165, 1.54) is 12.8 Å². The number of nitrogens with zero attached hydrogens (tertiary/aromatic N) is 1. The lowest BCUT2D eigenvalue weighted by Crippen LogP contribution is -2.27. The highest BCUT2D eigenvalue weighted by molar-refractivity contribution is 5.97. The molecule has 1 aromatic heterocycles. The van der Waals surface area contributed by atoms with Gasteiger partial charge in [-0.05, 0) is 48.6 Å². The lowest BCUT2D eigenvalue weighted by atomic mass is 10.1. The Labute approximate surface area is 158 Å². The first-order chi connectivity index (χ1) is 13.2. The molecule has 1 N–H and O–H groups in total. The van der Waals surface area contributed by atoms with E-state index in [-0.39, 0.29) is 24.2 Å². The van der Waals surface area contributed by atoms with Crippen LogP contribution in [0.25, 0.3) is 0 Å². The van der Waals surface area contributed by atoms with E-state index >= 15 is 0 Å². The van der Waals surface area contributed by atoms with E-state index in [0.717, 1.165) is 29.5 Å². The van der Waals surface area contributed by atoms with E-state index in [1.807, 2.05) is 30.3 Å². The van der Waals surface area contributed by atoms with Gasteiger partial charge in [-0.3, -0.25) is 9.59 Å². The van der Waals surface area contributed by atoms with Crippen LogP contribution >= 0.6 is 0 Å². The molecule has 1 aromatic carbocycles. The molecule has 4 rings (SSSR count). The number of ether oxygens (including phenoxy) is 1. The summed E-state index contributed by atoms with van der Waals surface area (Å²) >= 11 is 0. The van der Waals surface area contributed by atoms with Crippen molar-refractivity contribution < 1.29 is 18.7 Å². The van der Waals surface area contributed by atoms with E-state index < -0.39 is 0 Å². The Hall–Kier alpha value is -2.60. The van der Waals surface area contributed by atoms with Crippen LogP contribution in [0.15, 0.2) is 47.1 Å². The summed E-state index contributed by atoms with van der Waals surface area (Å²) < 4.78 is 11.0. The molecule has 1 saturated carbocycles. The molecular formula is C21H24N2O4. The molecule has 2 heterocycles. The summed E-state index contributed by atoms with van der Waals surface area (Å²) in [6.07, 6.45) is 4.36. The van der Waals surface area contributed by atoms with Crippen LogP contribution in [-0.4, -0.2) is 29.9 Å². The Bertz CT molecular complexity index is 798. The zero-order valence-electron chi connectivity index (χ0n) is 15.2. The number of hydrogen-bond donors (Lipinski definition) is 1. The van der Waals surface area contributed by atoms with Gasteiger partial charge in [-0.2, -0.15) is 0 Å². The maximum Gasteiger partial charge on any atom is 0.229 e. The van der Waals surface area contributed by atoms with Gasteiger partial charge in [0.15, 0.2) is 0 Å². The Kier molecular flexibility index (Phi) is 5.25. The quantitative estimate of drug-likeness (QED) is 0.777. The van der Waals surface area contributed by atoms with Crippen molar-refractivity contribution in [3.63, 3.8) is 0 Å². The number of carbonyl (C=O) groups is 2. The standard InChI is InChI=1S/C21H24N2O4/c24-20-10-17(11-23(20)12-19-5-2-8-27-19)21(25)22-18-4-1-3-16(9-18)14-26-13-15-6-7-15/h1-5,8-9,15,17H,6-7,10-14H2,(H,22,25)/t17-/m1/s1. The van der Waals surface area contributed by atoms with E-state index in [9.17, 15) is 9.59 Å². The van der Waals surface area contributed by atoms with Crippen molar-refractivity contribution in [1.82, 2.24) is 4.90 Å². The summed E-state index contributed by atoms with van der Waals surface area (Å²) in [6.45, 7) is 2.18. The fourth-order valence-electron chi connectivity index (χ4n) is 3.30. The number of anilines is 1. The van der Waals surface area contributed by atoms with E-state index in [1.54, 1.807) is 17.2 Å². The molecule has 2 fully saturated rings.